The number of carbonyl (C=O) groups is 1. The van der Waals surface area contributed by atoms with Gasteiger partial charge in [-0.2, -0.15) is 0 Å². The van der Waals surface area contributed by atoms with Crippen LogP contribution in [0.15, 0.2) is 36.4 Å². The number of hydrogen-bond donors (Lipinski definition) is 2. The van der Waals surface area contributed by atoms with Crippen LogP contribution in [0.3, 0.4) is 0 Å². The van der Waals surface area contributed by atoms with Crippen LogP contribution in [0, 0.1) is 5.92 Å². The molecular weight excluding hydrogens is 250 g/mol. The van der Waals surface area contributed by atoms with Crippen LogP contribution < -0.4 is 5.32 Å². The predicted octanol–water partition coefficient (Wildman–Crippen LogP) is 3.47. The Morgan fingerprint density at radius 1 is 1.20 bits per heavy atom. The Kier molecular flexibility index (Phi) is 3.59. The Bertz CT molecular complexity index is 632. The van der Waals surface area contributed by atoms with Gasteiger partial charge in [0.15, 0.2) is 0 Å². The summed E-state index contributed by atoms with van der Waals surface area (Å²) < 4.78 is 0. The van der Waals surface area contributed by atoms with Crippen LogP contribution >= 0.6 is 0 Å². The smallest absolute Gasteiger partial charge is 0.255 e. The molecule has 0 saturated heterocycles. The van der Waals surface area contributed by atoms with Crippen molar-refractivity contribution in [3.63, 3.8) is 0 Å². The van der Waals surface area contributed by atoms with Crippen LogP contribution in [0.25, 0.3) is 10.8 Å². The van der Waals surface area contributed by atoms with Gasteiger partial charge in [0.2, 0.25) is 0 Å². The third kappa shape index (κ3) is 2.93. The van der Waals surface area contributed by atoms with Crippen molar-refractivity contribution in [1.82, 2.24) is 5.32 Å². The van der Waals surface area contributed by atoms with Gasteiger partial charge in [-0.15, -0.1) is 0 Å². The van der Waals surface area contributed by atoms with Crippen molar-refractivity contribution >= 4 is 16.7 Å². The second kappa shape index (κ2) is 5.53. The number of aromatic hydroxyl groups is 1. The minimum atomic E-state index is -0.191. The lowest BCUT2D eigenvalue weighted by atomic mass is 10.1. The molecule has 0 atom stereocenters. The summed E-state index contributed by atoms with van der Waals surface area (Å²) in [4.78, 5) is 12.1. The van der Waals surface area contributed by atoms with E-state index in [2.05, 4.69) is 5.32 Å². The quantitative estimate of drug-likeness (QED) is 0.817. The fourth-order valence-electron chi connectivity index (χ4n) is 2.50. The number of benzene rings is 2. The highest BCUT2D eigenvalue weighted by molar-refractivity contribution is 6.01. The van der Waals surface area contributed by atoms with Gasteiger partial charge in [0.25, 0.3) is 5.91 Å². The van der Waals surface area contributed by atoms with Crippen molar-refractivity contribution in [3.05, 3.63) is 42.0 Å². The molecule has 1 aliphatic carbocycles. The van der Waals surface area contributed by atoms with Gasteiger partial charge in [0.05, 0.1) is 5.56 Å². The van der Waals surface area contributed by atoms with E-state index in [1.54, 1.807) is 12.1 Å². The van der Waals surface area contributed by atoms with Gasteiger partial charge in [-0.3, -0.25) is 4.79 Å². The highest BCUT2D eigenvalue weighted by Crippen LogP contribution is 2.33. The number of phenols is 1. The fourth-order valence-corrected chi connectivity index (χ4v) is 2.50. The number of nitrogens with one attached hydrogen (secondary N) is 1. The lowest BCUT2D eigenvalue weighted by molar-refractivity contribution is 0.0950. The number of amides is 1. The molecular formula is C17H19NO2. The van der Waals surface area contributed by atoms with Gasteiger partial charge >= 0.3 is 0 Å². The Hall–Kier alpha value is -2.03. The SMILES string of the molecule is O=C(NCCCC1CC1)c1cc2ccccc2cc1O. The first-order valence-corrected chi connectivity index (χ1v) is 7.24. The van der Waals surface area contributed by atoms with Crippen LogP contribution in [0.4, 0.5) is 0 Å². The van der Waals surface area contributed by atoms with Gasteiger partial charge in [0.1, 0.15) is 5.75 Å². The van der Waals surface area contributed by atoms with E-state index >= 15 is 0 Å². The third-order valence-electron chi connectivity index (χ3n) is 3.88. The molecule has 0 aliphatic heterocycles. The molecule has 0 aromatic heterocycles. The minimum Gasteiger partial charge on any atom is -0.507 e. The molecule has 0 bridgehead atoms. The number of phenolic OH excluding ortho intramolecular Hbond substituents is 1. The molecule has 0 radical (unpaired) electrons. The summed E-state index contributed by atoms with van der Waals surface area (Å²) in [5.74, 6) is 0.744. The van der Waals surface area contributed by atoms with E-state index in [9.17, 15) is 9.90 Å². The molecule has 0 heterocycles. The van der Waals surface area contributed by atoms with Gasteiger partial charge in [0, 0.05) is 6.54 Å². The maximum absolute atomic E-state index is 12.1. The van der Waals surface area contributed by atoms with E-state index in [-0.39, 0.29) is 11.7 Å². The Labute approximate surface area is 118 Å². The van der Waals surface area contributed by atoms with E-state index in [0.29, 0.717) is 12.1 Å². The van der Waals surface area contributed by atoms with Crippen molar-refractivity contribution < 1.29 is 9.90 Å². The van der Waals surface area contributed by atoms with Crippen molar-refractivity contribution in [1.29, 1.82) is 0 Å². The fraction of sp³-hybridized carbons (Fsp3) is 0.353. The zero-order valence-electron chi connectivity index (χ0n) is 11.4. The molecule has 2 aromatic carbocycles. The second-order valence-electron chi connectivity index (χ2n) is 5.56. The van der Waals surface area contributed by atoms with Crippen LogP contribution in [-0.4, -0.2) is 17.6 Å². The summed E-state index contributed by atoms with van der Waals surface area (Å²) in [7, 11) is 0. The normalized spacial score (nSPS) is 14.4. The van der Waals surface area contributed by atoms with Gasteiger partial charge in [-0.05, 0) is 41.7 Å². The predicted molar refractivity (Wildman–Crippen MR) is 79.9 cm³/mol. The van der Waals surface area contributed by atoms with Gasteiger partial charge < -0.3 is 10.4 Å². The van der Waals surface area contributed by atoms with Gasteiger partial charge in [-0.1, -0.05) is 37.1 Å². The van der Waals surface area contributed by atoms with Crippen LogP contribution in [-0.2, 0) is 0 Å². The lowest BCUT2D eigenvalue weighted by Gasteiger charge is -2.08. The van der Waals surface area contributed by atoms with E-state index in [1.807, 2.05) is 24.3 Å². The highest BCUT2D eigenvalue weighted by Gasteiger charge is 2.20. The van der Waals surface area contributed by atoms with E-state index in [1.165, 1.54) is 19.3 Å². The lowest BCUT2D eigenvalue weighted by Crippen LogP contribution is -2.24. The third-order valence-corrected chi connectivity index (χ3v) is 3.88. The average Bonchev–Trinajstić information content (AvgIpc) is 3.27. The van der Waals surface area contributed by atoms with E-state index < -0.39 is 0 Å². The Morgan fingerprint density at radius 3 is 2.60 bits per heavy atom. The zero-order valence-corrected chi connectivity index (χ0v) is 11.4. The largest absolute Gasteiger partial charge is 0.507 e. The van der Waals surface area contributed by atoms with Gasteiger partial charge in [-0.25, -0.2) is 0 Å². The molecule has 1 aliphatic rings. The Balaban J connectivity index is 1.67. The summed E-state index contributed by atoms with van der Waals surface area (Å²) in [5.41, 5.74) is 0.357. The van der Waals surface area contributed by atoms with Crippen molar-refractivity contribution in [2.75, 3.05) is 6.54 Å². The molecule has 0 spiro atoms. The van der Waals surface area contributed by atoms with E-state index in [4.69, 9.17) is 0 Å². The van der Waals surface area contributed by atoms with E-state index in [0.717, 1.165) is 23.1 Å². The molecule has 104 valence electrons. The summed E-state index contributed by atoms with van der Waals surface area (Å²) in [5, 5.41) is 14.8. The van der Waals surface area contributed by atoms with Crippen LogP contribution in [0.5, 0.6) is 5.75 Å². The highest BCUT2D eigenvalue weighted by atomic mass is 16.3. The van der Waals surface area contributed by atoms with Crippen molar-refractivity contribution in [2.45, 2.75) is 25.7 Å². The van der Waals surface area contributed by atoms with Crippen molar-refractivity contribution in [3.8, 4) is 5.75 Å². The standard InChI is InChI=1S/C17H19NO2/c19-16-11-14-6-2-1-5-13(14)10-15(16)17(20)18-9-3-4-12-7-8-12/h1-2,5-6,10-12,19H,3-4,7-9H2,(H,18,20). The minimum absolute atomic E-state index is 0.0448. The number of carbonyl (C=O) groups excluding carboxylic acids is 1. The molecule has 2 N–H and O–H groups in total. The number of rotatable bonds is 5. The summed E-state index contributed by atoms with van der Waals surface area (Å²) in [6, 6.07) is 11.1. The second-order valence-corrected chi connectivity index (χ2v) is 5.56. The van der Waals surface area contributed by atoms with Crippen LogP contribution in [0.1, 0.15) is 36.0 Å². The summed E-state index contributed by atoms with van der Waals surface area (Å²) >= 11 is 0. The van der Waals surface area contributed by atoms with Crippen molar-refractivity contribution in [2.24, 2.45) is 5.92 Å². The van der Waals surface area contributed by atoms with Crippen LogP contribution in [0.2, 0.25) is 0 Å². The topological polar surface area (TPSA) is 49.3 Å². The molecule has 2 aromatic rings. The number of fused-ring (bicyclic) bond motifs is 1. The summed E-state index contributed by atoms with van der Waals surface area (Å²) in [6.45, 7) is 0.682. The first-order chi connectivity index (χ1) is 9.74. The molecule has 3 nitrogen and oxygen atoms in total. The first kappa shape index (κ1) is 13.0. The maximum Gasteiger partial charge on any atom is 0.255 e. The maximum atomic E-state index is 12.1. The molecule has 3 rings (SSSR count). The monoisotopic (exact) mass is 269 g/mol. The molecule has 20 heavy (non-hydrogen) atoms. The zero-order chi connectivity index (χ0) is 13.9. The average molecular weight is 269 g/mol. The molecule has 0 unspecified atom stereocenters. The first-order valence-electron chi connectivity index (χ1n) is 7.24. The summed E-state index contributed by atoms with van der Waals surface area (Å²) in [6.07, 6.45) is 4.91. The Morgan fingerprint density at radius 2 is 1.90 bits per heavy atom. The molecule has 1 amide bonds. The molecule has 1 fully saturated rings. The molecule has 3 heteroatoms. The number of hydrogen-bond acceptors (Lipinski definition) is 2. The molecule has 1 saturated carbocycles.